The Balaban J connectivity index is 1.49. The summed E-state index contributed by atoms with van der Waals surface area (Å²) in [5.74, 6) is 2.00. The molecule has 1 aliphatic heterocycles. The van der Waals surface area contributed by atoms with Gasteiger partial charge in [-0.15, -0.1) is 10.2 Å². The van der Waals surface area contributed by atoms with Gasteiger partial charge in [-0.05, 0) is 36.5 Å². The molecule has 1 aliphatic rings. The Kier molecular flexibility index (Phi) is 6.68. The lowest BCUT2D eigenvalue weighted by Gasteiger charge is -2.32. The summed E-state index contributed by atoms with van der Waals surface area (Å²) in [4.78, 5) is 14.3. The summed E-state index contributed by atoms with van der Waals surface area (Å²) in [5.41, 5.74) is 1.25. The van der Waals surface area contributed by atoms with Crippen LogP contribution in [-0.4, -0.2) is 53.9 Å². The smallest absolute Gasteiger partial charge is 0.260 e. The van der Waals surface area contributed by atoms with Crippen LogP contribution >= 0.6 is 0 Å². The first-order chi connectivity index (χ1) is 13.5. The molecule has 0 bridgehead atoms. The molecule has 0 aliphatic carbocycles. The van der Waals surface area contributed by atoms with Gasteiger partial charge in [-0.2, -0.15) is 0 Å². The van der Waals surface area contributed by atoms with Crippen LogP contribution in [-0.2, 0) is 4.79 Å². The van der Waals surface area contributed by atoms with Crippen LogP contribution in [0.25, 0.3) is 0 Å². The molecule has 0 radical (unpaired) electrons. The normalized spacial score (nSPS) is 16.7. The lowest BCUT2D eigenvalue weighted by molar-refractivity contribution is -0.136. The van der Waals surface area contributed by atoms with E-state index >= 15 is 0 Å². The van der Waals surface area contributed by atoms with Crippen LogP contribution < -0.4 is 14.2 Å². The Hall–Kier alpha value is -2.83. The number of amides is 1. The van der Waals surface area contributed by atoms with Crippen molar-refractivity contribution >= 4 is 5.91 Å². The summed E-state index contributed by atoms with van der Waals surface area (Å²) in [6, 6.07) is 11.3. The summed E-state index contributed by atoms with van der Waals surface area (Å²) < 4.78 is 16.5. The quantitative estimate of drug-likeness (QED) is 0.729. The second-order valence-corrected chi connectivity index (χ2v) is 7.15. The second kappa shape index (κ2) is 9.39. The van der Waals surface area contributed by atoms with Crippen molar-refractivity contribution in [1.82, 2.24) is 15.1 Å². The zero-order valence-electron chi connectivity index (χ0n) is 16.6. The SMILES string of the molecule is COc1ccc(OC2CCCN(C(=O)COc3ccc(C(C)C)cc3)C2)nn1. The standard InChI is InChI=1S/C21H27N3O4/c1-15(2)16-6-8-17(9-7-16)27-14-21(25)24-12-4-5-18(13-24)28-20-11-10-19(26-3)22-23-20/h6-11,15,18H,4-5,12-14H2,1-3H3. The molecule has 1 saturated heterocycles. The van der Waals surface area contributed by atoms with E-state index in [1.165, 1.54) is 12.7 Å². The molecule has 3 rings (SSSR count). The zero-order chi connectivity index (χ0) is 19.9. The highest BCUT2D eigenvalue weighted by molar-refractivity contribution is 5.77. The topological polar surface area (TPSA) is 73.8 Å². The van der Waals surface area contributed by atoms with Crippen LogP contribution in [0.3, 0.4) is 0 Å². The molecule has 1 amide bonds. The number of benzene rings is 1. The first-order valence-corrected chi connectivity index (χ1v) is 9.60. The number of methoxy groups -OCH3 is 1. The van der Waals surface area contributed by atoms with E-state index in [0.29, 0.717) is 36.5 Å². The summed E-state index contributed by atoms with van der Waals surface area (Å²) in [6.45, 7) is 5.54. The molecule has 2 aromatic rings. The van der Waals surface area contributed by atoms with Gasteiger partial charge >= 0.3 is 0 Å². The summed E-state index contributed by atoms with van der Waals surface area (Å²) in [5, 5.41) is 7.88. The number of ether oxygens (including phenoxy) is 3. The van der Waals surface area contributed by atoms with Gasteiger partial charge in [0.2, 0.25) is 11.8 Å². The van der Waals surface area contributed by atoms with Crippen molar-refractivity contribution in [3.05, 3.63) is 42.0 Å². The number of carbonyl (C=O) groups excluding carboxylic acids is 1. The average molecular weight is 385 g/mol. The van der Waals surface area contributed by atoms with E-state index in [-0.39, 0.29) is 18.6 Å². The first kappa shape index (κ1) is 19.9. The number of rotatable bonds is 7. The van der Waals surface area contributed by atoms with Gasteiger partial charge in [0.15, 0.2) is 6.61 Å². The lowest BCUT2D eigenvalue weighted by Crippen LogP contribution is -2.46. The van der Waals surface area contributed by atoms with Crippen molar-refractivity contribution in [1.29, 1.82) is 0 Å². The number of likely N-dealkylation sites (tertiary alicyclic amines) is 1. The van der Waals surface area contributed by atoms with Crippen LogP contribution in [0.5, 0.6) is 17.5 Å². The van der Waals surface area contributed by atoms with Gasteiger partial charge in [0.1, 0.15) is 11.9 Å². The largest absolute Gasteiger partial charge is 0.484 e. The molecule has 1 fully saturated rings. The third-order valence-corrected chi connectivity index (χ3v) is 4.75. The minimum absolute atomic E-state index is 0.0239. The number of aromatic nitrogens is 2. The lowest BCUT2D eigenvalue weighted by atomic mass is 10.0. The fourth-order valence-corrected chi connectivity index (χ4v) is 3.10. The fraction of sp³-hybridized carbons (Fsp3) is 0.476. The van der Waals surface area contributed by atoms with E-state index in [9.17, 15) is 4.79 Å². The third-order valence-electron chi connectivity index (χ3n) is 4.75. The summed E-state index contributed by atoms with van der Waals surface area (Å²) >= 11 is 0. The van der Waals surface area contributed by atoms with E-state index in [4.69, 9.17) is 14.2 Å². The Labute approximate surface area is 165 Å². The minimum atomic E-state index is -0.106. The van der Waals surface area contributed by atoms with E-state index < -0.39 is 0 Å². The van der Waals surface area contributed by atoms with Gasteiger partial charge in [0.25, 0.3) is 5.91 Å². The van der Waals surface area contributed by atoms with E-state index in [0.717, 1.165) is 12.8 Å². The summed E-state index contributed by atoms with van der Waals surface area (Å²) in [7, 11) is 1.54. The molecule has 28 heavy (non-hydrogen) atoms. The minimum Gasteiger partial charge on any atom is -0.484 e. The van der Waals surface area contributed by atoms with Crippen molar-refractivity contribution in [2.45, 2.75) is 38.7 Å². The molecular formula is C21H27N3O4. The van der Waals surface area contributed by atoms with Gasteiger partial charge in [0.05, 0.1) is 13.7 Å². The van der Waals surface area contributed by atoms with Crippen LogP contribution in [0.1, 0.15) is 38.2 Å². The molecule has 0 saturated carbocycles. The molecule has 1 atom stereocenters. The number of piperidine rings is 1. The Morgan fingerprint density at radius 3 is 2.50 bits per heavy atom. The number of hydrogen-bond acceptors (Lipinski definition) is 6. The second-order valence-electron chi connectivity index (χ2n) is 7.15. The van der Waals surface area contributed by atoms with Crippen LogP contribution in [0.4, 0.5) is 0 Å². The highest BCUT2D eigenvalue weighted by Gasteiger charge is 2.25. The average Bonchev–Trinajstić information content (AvgIpc) is 2.73. The number of carbonyl (C=O) groups is 1. The van der Waals surface area contributed by atoms with Gasteiger partial charge in [-0.3, -0.25) is 4.79 Å². The van der Waals surface area contributed by atoms with Gasteiger partial charge in [0, 0.05) is 18.7 Å². The molecule has 7 heteroatoms. The van der Waals surface area contributed by atoms with Gasteiger partial charge in [-0.25, -0.2) is 0 Å². The van der Waals surface area contributed by atoms with Crippen molar-refractivity contribution in [2.24, 2.45) is 0 Å². The van der Waals surface area contributed by atoms with Crippen molar-refractivity contribution in [3.8, 4) is 17.5 Å². The van der Waals surface area contributed by atoms with Gasteiger partial charge in [-0.1, -0.05) is 26.0 Å². The molecule has 2 heterocycles. The van der Waals surface area contributed by atoms with E-state index in [1.54, 1.807) is 17.0 Å². The van der Waals surface area contributed by atoms with Crippen LogP contribution in [0, 0.1) is 0 Å². The first-order valence-electron chi connectivity index (χ1n) is 9.60. The van der Waals surface area contributed by atoms with Gasteiger partial charge < -0.3 is 19.1 Å². The van der Waals surface area contributed by atoms with Crippen molar-refractivity contribution in [2.75, 3.05) is 26.8 Å². The third kappa shape index (κ3) is 5.34. The molecule has 1 aromatic heterocycles. The molecule has 0 spiro atoms. The Morgan fingerprint density at radius 2 is 1.86 bits per heavy atom. The maximum absolute atomic E-state index is 12.5. The van der Waals surface area contributed by atoms with E-state index in [2.05, 4.69) is 24.0 Å². The predicted octanol–water partition coefficient (Wildman–Crippen LogP) is 3.06. The van der Waals surface area contributed by atoms with Crippen LogP contribution in [0.2, 0.25) is 0 Å². The van der Waals surface area contributed by atoms with E-state index in [1.807, 2.05) is 24.3 Å². The molecule has 7 nitrogen and oxygen atoms in total. The maximum Gasteiger partial charge on any atom is 0.260 e. The molecular weight excluding hydrogens is 358 g/mol. The Bertz CT molecular complexity index is 762. The fourth-order valence-electron chi connectivity index (χ4n) is 3.10. The predicted molar refractivity (Wildman–Crippen MR) is 105 cm³/mol. The summed E-state index contributed by atoms with van der Waals surface area (Å²) in [6.07, 6.45) is 1.64. The number of nitrogens with zero attached hydrogens (tertiary/aromatic N) is 3. The Morgan fingerprint density at radius 1 is 1.14 bits per heavy atom. The number of hydrogen-bond donors (Lipinski definition) is 0. The molecule has 1 unspecified atom stereocenters. The highest BCUT2D eigenvalue weighted by Crippen LogP contribution is 2.20. The zero-order valence-corrected chi connectivity index (χ0v) is 16.6. The van der Waals surface area contributed by atoms with Crippen LogP contribution in [0.15, 0.2) is 36.4 Å². The highest BCUT2D eigenvalue weighted by atomic mass is 16.5. The van der Waals surface area contributed by atoms with Crippen molar-refractivity contribution < 1.29 is 19.0 Å². The molecule has 150 valence electrons. The monoisotopic (exact) mass is 385 g/mol. The maximum atomic E-state index is 12.5. The molecule has 0 N–H and O–H groups in total. The molecule has 1 aromatic carbocycles. The van der Waals surface area contributed by atoms with Crippen molar-refractivity contribution in [3.63, 3.8) is 0 Å².